The number of hydrogen-bond donors (Lipinski definition) is 1. The maximum Gasteiger partial charge on any atom is 0.324 e. The summed E-state index contributed by atoms with van der Waals surface area (Å²) in [5.74, 6) is 1.35. The van der Waals surface area contributed by atoms with E-state index < -0.39 is 0 Å². The highest BCUT2D eigenvalue weighted by Crippen LogP contribution is 2.40. The third-order valence-corrected chi connectivity index (χ3v) is 11.5. The Labute approximate surface area is 368 Å². The van der Waals surface area contributed by atoms with Crippen LogP contribution in [-0.4, -0.2) is 26.1 Å². The molecule has 7 nitrogen and oxygen atoms in total. The van der Waals surface area contributed by atoms with Crippen molar-refractivity contribution in [3.8, 4) is 17.8 Å². The second kappa shape index (κ2) is 18.6. The summed E-state index contributed by atoms with van der Waals surface area (Å²) in [5.41, 5.74) is 10.5. The largest absolute Gasteiger partial charge is 0.507 e. The molecule has 1 unspecified atom stereocenters. The van der Waals surface area contributed by atoms with Gasteiger partial charge in [0.2, 0.25) is 5.95 Å². The van der Waals surface area contributed by atoms with E-state index >= 15 is 0 Å². The van der Waals surface area contributed by atoms with Gasteiger partial charge in [-0.05, 0) is 135 Å². The minimum Gasteiger partial charge on any atom is -0.507 e. The van der Waals surface area contributed by atoms with Crippen LogP contribution in [0.2, 0.25) is 0 Å². The van der Waals surface area contributed by atoms with Crippen LogP contribution in [0.1, 0.15) is 167 Å². The number of anilines is 2. The van der Waals surface area contributed by atoms with Gasteiger partial charge >= 0.3 is 12.0 Å². The van der Waals surface area contributed by atoms with Crippen LogP contribution < -0.4 is 14.4 Å². The van der Waals surface area contributed by atoms with Gasteiger partial charge in [0.25, 0.3) is 0 Å². The Morgan fingerprint density at radius 2 is 0.967 bits per heavy atom. The number of nitrogens with zero attached hydrogens (tertiary/aromatic N) is 4. The molecule has 1 atom stereocenters. The molecule has 0 saturated carbocycles. The lowest BCUT2D eigenvalue weighted by molar-refractivity contribution is 0.249. The van der Waals surface area contributed by atoms with Gasteiger partial charge in [0.05, 0.1) is 0 Å². The number of phenols is 1. The zero-order valence-electron chi connectivity index (χ0n) is 40.2. The van der Waals surface area contributed by atoms with Crippen molar-refractivity contribution in [1.82, 2.24) is 15.0 Å². The van der Waals surface area contributed by atoms with Crippen LogP contribution in [0.25, 0.3) is 0 Å². The fraction of sp³-hybridized carbons (Fsp3) is 0.500. The van der Waals surface area contributed by atoms with Crippen molar-refractivity contribution >= 4 is 11.6 Å². The predicted octanol–water partition coefficient (Wildman–Crippen LogP) is 13.8. The highest BCUT2D eigenvalue weighted by molar-refractivity contribution is 5.59. The molecule has 0 aliphatic heterocycles. The first-order valence-corrected chi connectivity index (χ1v) is 22.3. The Kier molecular flexibility index (Phi) is 14.4. The number of aromatic nitrogens is 3. The fourth-order valence-corrected chi connectivity index (χ4v) is 8.07. The minimum atomic E-state index is -0.277. The molecule has 328 valence electrons. The maximum absolute atomic E-state index is 11.4. The zero-order valence-corrected chi connectivity index (χ0v) is 40.2. The van der Waals surface area contributed by atoms with Crippen molar-refractivity contribution in [2.45, 2.75) is 171 Å². The molecule has 5 aromatic rings. The molecule has 0 aliphatic rings. The normalized spacial score (nSPS) is 13.1. The van der Waals surface area contributed by atoms with Gasteiger partial charge in [-0.1, -0.05) is 152 Å². The first-order valence-electron chi connectivity index (χ1n) is 22.3. The molecule has 61 heavy (non-hydrogen) atoms. The Morgan fingerprint density at radius 3 is 1.39 bits per heavy atom. The number of rotatable bonds is 14. The maximum atomic E-state index is 11.4. The highest BCUT2D eigenvalue weighted by Gasteiger charge is 2.29. The predicted molar refractivity (Wildman–Crippen MR) is 254 cm³/mol. The standard InChI is InChI=1S/C54H74N4O3/c1-35(2)22-23-36(3)58(42-26-24-39(25-27-42)28-38-20-18-17-19-21-38)48-55-49(60-33-40-29-43(51(5,6)7)37(4)44(30-40)52(8,9)10)57-50(56-48)61-34-41-31-45(53(11,12)13)47(59)46(32-41)54(14,15)16/h17-21,24-27,29-32,35-36,59H,22-23,28,33-34H2,1-16H3. The van der Waals surface area contributed by atoms with Crippen LogP contribution in [0.4, 0.5) is 11.6 Å². The number of ether oxygens (including phenoxy) is 2. The third-order valence-electron chi connectivity index (χ3n) is 11.5. The van der Waals surface area contributed by atoms with Crippen LogP contribution in [-0.2, 0) is 41.3 Å². The number of phenolic OH excluding ortho intramolecular Hbond substituents is 1. The Morgan fingerprint density at radius 1 is 0.541 bits per heavy atom. The van der Waals surface area contributed by atoms with Crippen LogP contribution >= 0.6 is 0 Å². The van der Waals surface area contributed by atoms with E-state index in [-0.39, 0.29) is 52.9 Å². The Balaban J connectivity index is 1.60. The van der Waals surface area contributed by atoms with E-state index in [9.17, 15) is 5.11 Å². The molecule has 0 spiro atoms. The van der Waals surface area contributed by atoms with Crippen LogP contribution in [0.3, 0.4) is 0 Å². The van der Waals surface area contributed by atoms with Gasteiger partial charge in [-0.2, -0.15) is 9.97 Å². The lowest BCUT2D eigenvalue weighted by atomic mass is 9.76. The van der Waals surface area contributed by atoms with Gasteiger partial charge in [0.1, 0.15) is 19.0 Å². The third kappa shape index (κ3) is 12.4. The molecule has 1 aromatic heterocycles. The van der Waals surface area contributed by atoms with E-state index in [2.05, 4.69) is 182 Å². The smallest absolute Gasteiger partial charge is 0.324 e. The highest BCUT2D eigenvalue weighted by atomic mass is 16.5. The van der Waals surface area contributed by atoms with E-state index in [1.807, 2.05) is 12.1 Å². The summed E-state index contributed by atoms with van der Waals surface area (Å²) < 4.78 is 13.1. The monoisotopic (exact) mass is 827 g/mol. The number of benzene rings is 4. The second-order valence-electron chi connectivity index (χ2n) is 21.7. The summed E-state index contributed by atoms with van der Waals surface area (Å²) in [7, 11) is 0. The summed E-state index contributed by atoms with van der Waals surface area (Å²) in [6, 6.07) is 28.3. The summed E-state index contributed by atoms with van der Waals surface area (Å²) in [5, 5.41) is 11.4. The summed E-state index contributed by atoms with van der Waals surface area (Å²) >= 11 is 0. The van der Waals surface area contributed by atoms with Crippen molar-refractivity contribution in [3.05, 3.63) is 129 Å². The van der Waals surface area contributed by atoms with Crippen LogP contribution in [0, 0.1) is 12.8 Å². The van der Waals surface area contributed by atoms with Gasteiger partial charge in [-0.3, -0.25) is 0 Å². The molecule has 0 bridgehead atoms. The summed E-state index contributed by atoms with van der Waals surface area (Å²) in [6.07, 6.45) is 2.84. The van der Waals surface area contributed by atoms with Gasteiger partial charge < -0.3 is 19.5 Å². The van der Waals surface area contributed by atoms with Crippen molar-refractivity contribution in [3.63, 3.8) is 0 Å². The van der Waals surface area contributed by atoms with E-state index in [4.69, 9.17) is 24.4 Å². The van der Waals surface area contributed by atoms with E-state index in [1.54, 1.807) is 0 Å². The van der Waals surface area contributed by atoms with Crippen LogP contribution in [0.5, 0.6) is 17.8 Å². The van der Waals surface area contributed by atoms with Gasteiger partial charge in [0.15, 0.2) is 0 Å². The molecule has 0 saturated heterocycles. The molecule has 0 radical (unpaired) electrons. The van der Waals surface area contributed by atoms with Crippen molar-refractivity contribution in [1.29, 1.82) is 0 Å². The first kappa shape index (κ1) is 47.1. The molecule has 5 rings (SSSR count). The molecular weight excluding hydrogens is 753 g/mol. The Hall–Kier alpha value is -4.91. The average Bonchev–Trinajstić information content (AvgIpc) is 3.15. The summed E-state index contributed by atoms with van der Waals surface area (Å²) in [4.78, 5) is 17.1. The fourth-order valence-electron chi connectivity index (χ4n) is 8.07. The van der Waals surface area contributed by atoms with E-state index in [1.165, 1.54) is 27.8 Å². The average molecular weight is 827 g/mol. The molecule has 0 amide bonds. The second-order valence-corrected chi connectivity index (χ2v) is 21.7. The molecule has 1 N–H and O–H groups in total. The molecule has 0 aliphatic carbocycles. The summed E-state index contributed by atoms with van der Waals surface area (Å²) in [6.45, 7) is 35.8. The number of aromatic hydroxyl groups is 1. The lowest BCUT2D eigenvalue weighted by Gasteiger charge is -2.30. The SMILES string of the molecule is Cc1c(C(C)(C)C)cc(COc2nc(OCc3cc(C(C)(C)C)c(O)c(C(C)(C)C)c3)nc(N(c3ccc(Cc4ccccc4)cc3)C(C)CCC(C)C)n2)cc1C(C)(C)C. The molecule has 0 fully saturated rings. The molecular formula is C54H74N4O3. The van der Waals surface area contributed by atoms with E-state index in [0.29, 0.717) is 17.6 Å². The van der Waals surface area contributed by atoms with E-state index in [0.717, 1.165) is 47.2 Å². The first-order chi connectivity index (χ1) is 28.3. The lowest BCUT2D eigenvalue weighted by Crippen LogP contribution is -2.31. The molecule has 1 heterocycles. The Bertz CT molecular complexity index is 2060. The van der Waals surface area contributed by atoms with Gasteiger partial charge in [0, 0.05) is 11.7 Å². The van der Waals surface area contributed by atoms with Crippen molar-refractivity contribution in [2.75, 3.05) is 4.90 Å². The molecule has 7 heteroatoms. The van der Waals surface area contributed by atoms with Gasteiger partial charge in [-0.25, -0.2) is 0 Å². The van der Waals surface area contributed by atoms with Crippen molar-refractivity contribution in [2.24, 2.45) is 5.92 Å². The quantitative estimate of drug-likeness (QED) is 0.119. The van der Waals surface area contributed by atoms with Crippen LogP contribution in [0.15, 0.2) is 78.9 Å². The number of hydrogen-bond acceptors (Lipinski definition) is 7. The van der Waals surface area contributed by atoms with Crippen molar-refractivity contribution < 1.29 is 14.6 Å². The zero-order chi connectivity index (χ0) is 45.1. The topological polar surface area (TPSA) is 80.6 Å². The minimum absolute atomic E-state index is 0.0430. The van der Waals surface area contributed by atoms with Gasteiger partial charge in [-0.15, -0.1) is 4.98 Å². The molecule has 4 aromatic carbocycles.